The molecule has 14 heteroatoms. The molecule has 2 aliphatic rings. The summed E-state index contributed by atoms with van der Waals surface area (Å²) >= 11 is 0. The molecule has 0 radical (unpaired) electrons. The van der Waals surface area contributed by atoms with Gasteiger partial charge in [0.1, 0.15) is 5.75 Å². The molecule has 1 unspecified atom stereocenters. The Labute approximate surface area is 217 Å². The number of rotatable bonds is 11. The van der Waals surface area contributed by atoms with E-state index in [1.807, 2.05) is 18.7 Å². The van der Waals surface area contributed by atoms with Crippen LogP contribution in [0.1, 0.15) is 13.8 Å². The number of likely N-dealkylation sites (N-methyl/N-ethyl adjacent to an activating group) is 1. The highest BCUT2D eigenvalue weighted by Gasteiger charge is 2.41. The maximum atomic E-state index is 13.6. The van der Waals surface area contributed by atoms with Gasteiger partial charge in [-0.15, -0.1) is 0 Å². The number of hydrogen-bond acceptors (Lipinski definition) is 10. The van der Waals surface area contributed by atoms with E-state index in [1.165, 1.54) is 12.1 Å². The van der Waals surface area contributed by atoms with Gasteiger partial charge in [0.25, 0.3) is 0 Å². The van der Waals surface area contributed by atoms with Crippen LogP contribution in [-0.4, -0.2) is 129 Å². The summed E-state index contributed by atoms with van der Waals surface area (Å²) < 4.78 is 36.8. The van der Waals surface area contributed by atoms with Gasteiger partial charge in [0.15, 0.2) is 16.1 Å². The molecule has 1 atom stereocenters. The zero-order valence-electron chi connectivity index (χ0n) is 21.2. The molecule has 2 heterocycles. The van der Waals surface area contributed by atoms with E-state index in [4.69, 9.17) is 14.3 Å². The van der Waals surface area contributed by atoms with Crippen molar-refractivity contribution in [1.82, 2.24) is 19.8 Å². The van der Waals surface area contributed by atoms with Gasteiger partial charge in [-0.3, -0.25) is 9.80 Å². The summed E-state index contributed by atoms with van der Waals surface area (Å²) in [4.78, 5) is 48.7. The minimum Gasteiger partial charge on any atom is -0.432 e. The standard InChI is InChI=1S/C23H34N4O8S.H2O/c1-3-24(4-2)11-13-27-23(30)26(12-10-25-14-16-33-17-15-25)20(34-21(28)22(29)35-27)18-36(31,32)19-8-6-5-7-9-19;/h5-9,20H,3-4,10-18H2,1-2H3;1H2. The SMILES string of the molecule is CCN(CC)CCN1OC(=O)C(=O)OC(CS(=O)(=O)c2ccccc2)N(CCN2CCOCC2)C1=O.O. The number of carbonyl (C=O) groups excluding carboxylic acids is 3. The second-order valence-corrected chi connectivity index (χ2v) is 10.4. The summed E-state index contributed by atoms with van der Waals surface area (Å²) in [6, 6.07) is 6.92. The van der Waals surface area contributed by atoms with Gasteiger partial charge in [-0.2, -0.15) is 5.06 Å². The molecule has 0 aliphatic carbocycles. The van der Waals surface area contributed by atoms with Crippen molar-refractivity contribution in [3.63, 3.8) is 0 Å². The van der Waals surface area contributed by atoms with E-state index in [1.54, 1.807) is 18.2 Å². The zero-order valence-corrected chi connectivity index (χ0v) is 22.0. The lowest BCUT2D eigenvalue weighted by Crippen LogP contribution is -2.58. The summed E-state index contributed by atoms with van der Waals surface area (Å²) in [6.07, 6.45) is -1.51. The molecule has 0 bridgehead atoms. The number of morpholine rings is 1. The second-order valence-electron chi connectivity index (χ2n) is 8.39. The number of nitrogens with zero attached hydrogens (tertiary/aromatic N) is 4. The van der Waals surface area contributed by atoms with Crippen LogP contribution in [0.2, 0.25) is 0 Å². The quantitative estimate of drug-likeness (QED) is 0.260. The average molecular weight is 545 g/mol. The van der Waals surface area contributed by atoms with E-state index in [0.29, 0.717) is 52.5 Å². The minimum atomic E-state index is -3.96. The van der Waals surface area contributed by atoms with E-state index < -0.39 is 39.8 Å². The highest BCUT2D eigenvalue weighted by atomic mass is 32.2. The second kappa shape index (κ2) is 14.2. The smallest absolute Gasteiger partial charge is 0.432 e. The lowest BCUT2D eigenvalue weighted by atomic mass is 10.3. The molecule has 0 saturated carbocycles. The minimum absolute atomic E-state index is 0. The first-order valence-corrected chi connectivity index (χ1v) is 13.7. The van der Waals surface area contributed by atoms with Crippen molar-refractivity contribution in [2.24, 2.45) is 0 Å². The van der Waals surface area contributed by atoms with Crippen LogP contribution < -0.4 is 0 Å². The molecule has 1 aromatic carbocycles. The van der Waals surface area contributed by atoms with Crippen LogP contribution in [0.3, 0.4) is 0 Å². The summed E-state index contributed by atoms with van der Waals surface area (Å²) in [5.74, 6) is -3.44. The fraction of sp³-hybridized carbons (Fsp3) is 0.609. The van der Waals surface area contributed by atoms with E-state index in [9.17, 15) is 22.8 Å². The number of sulfone groups is 1. The van der Waals surface area contributed by atoms with Crippen LogP contribution in [0.4, 0.5) is 4.79 Å². The van der Waals surface area contributed by atoms with Gasteiger partial charge >= 0.3 is 18.0 Å². The number of cyclic esters (lactones) is 1. The third-order valence-electron chi connectivity index (χ3n) is 6.15. The van der Waals surface area contributed by atoms with Gasteiger partial charge in [0.05, 0.1) is 24.7 Å². The van der Waals surface area contributed by atoms with Crippen molar-refractivity contribution in [3.05, 3.63) is 30.3 Å². The van der Waals surface area contributed by atoms with Gasteiger partial charge < -0.3 is 24.7 Å². The number of amides is 2. The van der Waals surface area contributed by atoms with E-state index in [2.05, 4.69) is 4.90 Å². The Bertz CT molecular complexity index is 999. The highest BCUT2D eigenvalue weighted by Crippen LogP contribution is 2.19. The average Bonchev–Trinajstić information content (AvgIpc) is 2.88. The van der Waals surface area contributed by atoms with Crippen LogP contribution in [0, 0.1) is 0 Å². The van der Waals surface area contributed by atoms with Crippen LogP contribution in [0.15, 0.2) is 35.2 Å². The highest BCUT2D eigenvalue weighted by molar-refractivity contribution is 7.91. The van der Waals surface area contributed by atoms with Crippen LogP contribution in [0.25, 0.3) is 0 Å². The Hall–Kier alpha value is -2.78. The molecule has 3 rings (SSSR count). The first kappa shape index (κ1) is 30.4. The molecule has 2 fully saturated rings. The number of hydrogen-bond donors (Lipinski definition) is 0. The molecule has 37 heavy (non-hydrogen) atoms. The maximum Gasteiger partial charge on any atom is 0.441 e. The third-order valence-corrected chi connectivity index (χ3v) is 7.86. The lowest BCUT2D eigenvalue weighted by Gasteiger charge is -2.38. The monoisotopic (exact) mass is 544 g/mol. The van der Waals surface area contributed by atoms with Crippen molar-refractivity contribution in [3.8, 4) is 0 Å². The molecule has 0 aromatic heterocycles. The molecular weight excluding hydrogens is 508 g/mol. The number of urea groups is 1. The molecule has 208 valence electrons. The molecule has 0 spiro atoms. The summed E-state index contributed by atoms with van der Waals surface area (Å²) in [5, 5.41) is 0.822. The lowest BCUT2D eigenvalue weighted by molar-refractivity contribution is -0.204. The predicted molar refractivity (Wildman–Crippen MR) is 132 cm³/mol. The summed E-state index contributed by atoms with van der Waals surface area (Å²) in [5.41, 5.74) is 0. The first-order valence-electron chi connectivity index (χ1n) is 12.1. The molecule has 2 N–H and O–H groups in total. The van der Waals surface area contributed by atoms with Crippen molar-refractivity contribution in [1.29, 1.82) is 0 Å². The molecular formula is C23H36N4O9S. The Morgan fingerprint density at radius 2 is 1.59 bits per heavy atom. The fourth-order valence-corrected chi connectivity index (χ4v) is 5.33. The van der Waals surface area contributed by atoms with Gasteiger partial charge in [-0.1, -0.05) is 32.0 Å². The van der Waals surface area contributed by atoms with Crippen molar-refractivity contribution < 1.29 is 42.6 Å². The molecule has 2 amide bonds. The number of ether oxygens (including phenoxy) is 2. The third kappa shape index (κ3) is 8.36. The fourth-order valence-electron chi connectivity index (χ4n) is 3.94. The summed E-state index contributed by atoms with van der Waals surface area (Å²) in [7, 11) is -3.96. The van der Waals surface area contributed by atoms with E-state index >= 15 is 0 Å². The largest absolute Gasteiger partial charge is 0.441 e. The van der Waals surface area contributed by atoms with Crippen LogP contribution in [-0.2, 0) is 33.7 Å². The van der Waals surface area contributed by atoms with Crippen molar-refractivity contribution in [2.75, 3.05) is 71.3 Å². The molecule has 13 nitrogen and oxygen atoms in total. The van der Waals surface area contributed by atoms with Crippen molar-refractivity contribution >= 4 is 27.8 Å². The Balaban J connectivity index is 0.00000481. The van der Waals surface area contributed by atoms with Crippen LogP contribution in [0.5, 0.6) is 0 Å². The number of hydroxylamine groups is 2. The number of carbonyl (C=O) groups is 3. The molecule has 2 aliphatic heterocycles. The predicted octanol–water partition coefficient (Wildman–Crippen LogP) is -0.625. The Kier molecular flexibility index (Phi) is 11.7. The van der Waals surface area contributed by atoms with Gasteiger partial charge in [-0.25, -0.2) is 22.8 Å². The Morgan fingerprint density at radius 3 is 2.22 bits per heavy atom. The molecule has 2 saturated heterocycles. The number of benzene rings is 1. The van der Waals surface area contributed by atoms with E-state index in [-0.39, 0.29) is 23.5 Å². The normalized spacial score (nSPS) is 19.6. The number of esters is 1. The zero-order chi connectivity index (χ0) is 26.1. The van der Waals surface area contributed by atoms with Crippen LogP contribution >= 0.6 is 0 Å². The van der Waals surface area contributed by atoms with Gasteiger partial charge in [-0.05, 0) is 25.2 Å². The molecule has 1 aromatic rings. The Morgan fingerprint density at radius 1 is 0.946 bits per heavy atom. The topological polar surface area (TPSA) is 158 Å². The van der Waals surface area contributed by atoms with Gasteiger partial charge in [0.2, 0.25) is 0 Å². The first-order chi connectivity index (χ1) is 17.2. The summed E-state index contributed by atoms with van der Waals surface area (Å²) in [6.45, 7) is 8.59. The van der Waals surface area contributed by atoms with Crippen molar-refractivity contribution in [2.45, 2.75) is 25.0 Å². The van der Waals surface area contributed by atoms with E-state index in [0.717, 1.165) is 9.96 Å². The maximum absolute atomic E-state index is 13.6. The van der Waals surface area contributed by atoms with Gasteiger partial charge in [0, 0.05) is 32.7 Å².